The molecule has 0 saturated carbocycles. The Morgan fingerprint density at radius 1 is 0.679 bits per heavy atom. The molecule has 6 heteroatoms. The fourth-order valence-corrected chi connectivity index (χ4v) is 10.7. The molecule has 1 atom stereocenters. The van der Waals surface area contributed by atoms with Crippen LogP contribution in [-0.2, 0) is 10.3 Å². The van der Waals surface area contributed by atoms with Crippen molar-refractivity contribution < 1.29 is 9.53 Å². The van der Waals surface area contributed by atoms with Crippen molar-refractivity contribution in [1.29, 1.82) is 0 Å². The average molecular weight is 727 g/mol. The summed E-state index contributed by atoms with van der Waals surface area (Å²) in [7, 11) is 0. The zero-order valence-corrected chi connectivity index (χ0v) is 31.8. The third-order valence-corrected chi connectivity index (χ3v) is 12.8. The number of benzene rings is 5. The Bertz CT molecular complexity index is 2670. The number of aryl methyl sites for hydroxylation is 3. The van der Waals surface area contributed by atoms with Gasteiger partial charge in [0.25, 0.3) is 0 Å². The van der Waals surface area contributed by atoms with E-state index in [9.17, 15) is 4.79 Å². The van der Waals surface area contributed by atoms with Gasteiger partial charge in [0.15, 0.2) is 5.60 Å². The van der Waals surface area contributed by atoms with Gasteiger partial charge in [-0.15, -0.1) is 22.7 Å². The Labute approximate surface area is 317 Å². The van der Waals surface area contributed by atoms with Crippen LogP contribution < -0.4 is 0 Å². The lowest BCUT2D eigenvalue weighted by atomic mass is 9.80. The molecule has 260 valence electrons. The van der Waals surface area contributed by atoms with E-state index < -0.39 is 5.60 Å². The first-order valence-electron chi connectivity index (χ1n) is 18.2. The van der Waals surface area contributed by atoms with E-state index in [1.807, 2.05) is 109 Å². The molecule has 0 bridgehead atoms. The van der Waals surface area contributed by atoms with Gasteiger partial charge in [-0.1, -0.05) is 66.7 Å². The van der Waals surface area contributed by atoms with Crippen LogP contribution in [0.3, 0.4) is 0 Å². The Balaban J connectivity index is 1.03. The highest BCUT2D eigenvalue weighted by molar-refractivity contribution is 7.19. The monoisotopic (exact) mass is 726 g/mol. The molecule has 3 heterocycles. The van der Waals surface area contributed by atoms with Crippen molar-refractivity contribution in [2.75, 3.05) is 0 Å². The number of aliphatic imine (C=N–C) groups is 2. The van der Waals surface area contributed by atoms with Gasteiger partial charge in [0.05, 0.1) is 16.9 Å². The molecule has 0 fully saturated rings. The first-order chi connectivity index (χ1) is 25.8. The molecule has 2 aromatic heterocycles. The van der Waals surface area contributed by atoms with E-state index in [1.165, 1.54) is 64.2 Å². The van der Waals surface area contributed by atoms with Crippen molar-refractivity contribution in [2.24, 2.45) is 9.98 Å². The molecular weight excluding hydrogens is 689 g/mol. The number of hydrogen-bond acceptors (Lipinski definition) is 6. The predicted octanol–water partition coefficient (Wildman–Crippen LogP) is 13.1. The standard InChI is InChI=1S/C47H38N2O2S2/c1-5-48-34-19-15-32(16-20-34)47(41-12-7-6-9-38(41)46(50)51-47)33-17-21-35(22-18-33)49-27-31-14-24-40-43(26-31)53-30(4)45(40)37-11-8-10-36(37)44-29(3)52-42-25-28(2)13-23-39(42)44/h5-7,9,12-27H,8,10-11H2,1-4H3/b48-5?,49-27+. The number of esters is 1. The molecule has 9 rings (SSSR count). The van der Waals surface area contributed by atoms with Crippen LogP contribution in [0.1, 0.15) is 85.2 Å². The molecule has 7 aromatic rings. The summed E-state index contributed by atoms with van der Waals surface area (Å²) in [6.07, 6.45) is 7.16. The second kappa shape index (κ2) is 13.2. The highest BCUT2D eigenvalue weighted by atomic mass is 32.1. The minimum Gasteiger partial charge on any atom is -0.441 e. The molecule has 0 saturated heterocycles. The van der Waals surface area contributed by atoms with Gasteiger partial charge >= 0.3 is 5.97 Å². The number of rotatable bonds is 7. The number of carbonyl (C=O) groups is 1. The van der Waals surface area contributed by atoms with E-state index in [-0.39, 0.29) is 5.97 Å². The quantitative estimate of drug-likeness (QED) is 0.121. The highest BCUT2D eigenvalue weighted by Gasteiger charge is 2.48. The number of thiophene rings is 2. The fraction of sp³-hybridized carbons (Fsp3) is 0.170. The Hall–Kier alpha value is -5.43. The number of allylic oxidation sites excluding steroid dienone is 2. The molecule has 0 N–H and O–H groups in total. The summed E-state index contributed by atoms with van der Waals surface area (Å²) in [5.41, 5.74) is 12.1. The lowest BCUT2D eigenvalue weighted by molar-refractivity contribution is 0.0251. The maximum atomic E-state index is 13.2. The third kappa shape index (κ3) is 5.60. The third-order valence-electron chi connectivity index (χ3n) is 10.7. The van der Waals surface area contributed by atoms with Gasteiger partial charge in [-0.2, -0.15) is 0 Å². The number of hydrogen-bond donors (Lipinski definition) is 0. The maximum absolute atomic E-state index is 13.2. The molecule has 53 heavy (non-hydrogen) atoms. The zero-order valence-electron chi connectivity index (χ0n) is 30.2. The van der Waals surface area contributed by atoms with Gasteiger partial charge in [0.1, 0.15) is 0 Å². The van der Waals surface area contributed by atoms with E-state index in [0.29, 0.717) is 5.56 Å². The van der Waals surface area contributed by atoms with Crippen LogP contribution in [0.2, 0.25) is 0 Å². The van der Waals surface area contributed by atoms with E-state index in [2.05, 4.69) is 62.2 Å². The number of carbonyl (C=O) groups excluding carboxylic acids is 1. The van der Waals surface area contributed by atoms with E-state index in [1.54, 1.807) is 6.21 Å². The average Bonchev–Trinajstić information content (AvgIpc) is 3.92. The molecule has 2 aliphatic rings. The fourth-order valence-electron chi connectivity index (χ4n) is 8.36. The topological polar surface area (TPSA) is 51.0 Å². The summed E-state index contributed by atoms with van der Waals surface area (Å²) in [6, 6.07) is 37.2. The highest BCUT2D eigenvalue weighted by Crippen LogP contribution is 2.50. The predicted molar refractivity (Wildman–Crippen MR) is 224 cm³/mol. The van der Waals surface area contributed by atoms with Gasteiger partial charge in [-0.05, 0) is 123 Å². The second-order valence-electron chi connectivity index (χ2n) is 14.0. The minimum absolute atomic E-state index is 0.327. The van der Waals surface area contributed by atoms with E-state index in [0.717, 1.165) is 46.5 Å². The maximum Gasteiger partial charge on any atom is 0.340 e. The second-order valence-corrected chi connectivity index (χ2v) is 16.5. The Morgan fingerprint density at radius 3 is 1.91 bits per heavy atom. The summed E-state index contributed by atoms with van der Waals surface area (Å²) in [6.45, 7) is 8.64. The summed E-state index contributed by atoms with van der Waals surface area (Å²) in [5, 5.41) is 2.74. The van der Waals surface area contributed by atoms with Crippen LogP contribution in [0.4, 0.5) is 11.4 Å². The van der Waals surface area contributed by atoms with Crippen molar-refractivity contribution in [3.63, 3.8) is 0 Å². The first-order valence-corrected chi connectivity index (χ1v) is 19.8. The van der Waals surface area contributed by atoms with E-state index >= 15 is 0 Å². The molecular formula is C47H38N2O2S2. The van der Waals surface area contributed by atoms with Crippen molar-refractivity contribution in [2.45, 2.75) is 52.6 Å². The van der Waals surface area contributed by atoms with Gasteiger partial charge in [-0.3, -0.25) is 9.98 Å². The van der Waals surface area contributed by atoms with Gasteiger partial charge in [-0.25, -0.2) is 4.79 Å². The SMILES string of the molecule is CC=Nc1ccc(C2(c3ccc(/N=C/c4ccc5c(C6=C(c7c(C)sc8cc(C)ccc78)CCC6)c(C)sc5c4)cc3)OC(=O)c3ccccc32)cc1. The summed E-state index contributed by atoms with van der Waals surface area (Å²) in [5.74, 6) is -0.327. The zero-order chi connectivity index (χ0) is 36.3. The first kappa shape index (κ1) is 33.4. The van der Waals surface area contributed by atoms with Crippen LogP contribution in [0.5, 0.6) is 0 Å². The lowest BCUT2D eigenvalue weighted by Crippen LogP contribution is -2.29. The lowest BCUT2D eigenvalue weighted by Gasteiger charge is -2.30. The normalized spacial score (nSPS) is 17.2. The number of fused-ring (bicyclic) bond motifs is 3. The number of ether oxygens (including phenoxy) is 1. The van der Waals surface area contributed by atoms with Gasteiger partial charge in [0.2, 0.25) is 0 Å². The molecule has 0 spiro atoms. The molecule has 1 unspecified atom stereocenters. The molecule has 0 radical (unpaired) electrons. The van der Waals surface area contributed by atoms with Crippen molar-refractivity contribution in [3.05, 3.63) is 163 Å². The van der Waals surface area contributed by atoms with Gasteiger partial charge in [0, 0.05) is 59.0 Å². The summed E-state index contributed by atoms with van der Waals surface area (Å²) < 4.78 is 8.97. The van der Waals surface area contributed by atoms with Crippen molar-refractivity contribution >= 4 is 83.8 Å². The molecule has 0 amide bonds. The van der Waals surface area contributed by atoms with Crippen LogP contribution in [0.15, 0.2) is 119 Å². The van der Waals surface area contributed by atoms with E-state index in [4.69, 9.17) is 9.73 Å². The number of nitrogens with zero attached hydrogens (tertiary/aromatic N) is 2. The van der Waals surface area contributed by atoms with Crippen molar-refractivity contribution in [3.8, 4) is 0 Å². The Kier molecular flexibility index (Phi) is 8.33. The molecule has 4 nitrogen and oxygen atoms in total. The van der Waals surface area contributed by atoms with Crippen LogP contribution >= 0.6 is 22.7 Å². The van der Waals surface area contributed by atoms with Crippen LogP contribution in [-0.4, -0.2) is 18.4 Å². The number of cyclic esters (lactones) is 1. The van der Waals surface area contributed by atoms with Crippen LogP contribution in [0.25, 0.3) is 31.3 Å². The van der Waals surface area contributed by atoms with Gasteiger partial charge < -0.3 is 4.74 Å². The molecule has 1 aliphatic carbocycles. The summed E-state index contributed by atoms with van der Waals surface area (Å²) >= 11 is 3.81. The molecule has 5 aromatic carbocycles. The Morgan fingerprint density at radius 2 is 1.26 bits per heavy atom. The smallest absolute Gasteiger partial charge is 0.340 e. The largest absolute Gasteiger partial charge is 0.441 e. The minimum atomic E-state index is -1.06. The van der Waals surface area contributed by atoms with Crippen molar-refractivity contribution in [1.82, 2.24) is 0 Å². The molecule has 1 aliphatic heterocycles. The summed E-state index contributed by atoms with van der Waals surface area (Å²) in [4.78, 5) is 25.3. The van der Waals surface area contributed by atoms with Crippen LogP contribution in [0, 0.1) is 20.8 Å².